The Morgan fingerprint density at radius 1 is 1.44 bits per heavy atom. The van der Waals surface area contributed by atoms with E-state index in [0.717, 1.165) is 17.9 Å². The summed E-state index contributed by atoms with van der Waals surface area (Å²) in [5, 5.41) is 3.64. The van der Waals surface area contributed by atoms with Gasteiger partial charge in [0.1, 0.15) is 5.82 Å². The number of hydrogen-bond acceptors (Lipinski definition) is 3. The molecule has 1 N–H and O–H groups in total. The van der Waals surface area contributed by atoms with Crippen molar-refractivity contribution >= 4 is 22.8 Å². The molecule has 0 saturated carbocycles. The second kappa shape index (κ2) is 5.33. The Hall–Kier alpha value is -1.00. The zero-order valence-electron chi connectivity index (χ0n) is 10.7. The van der Waals surface area contributed by atoms with Crippen molar-refractivity contribution in [2.24, 2.45) is 7.05 Å². The van der Waals surface area contributed by atoms with Gasteiger partial charge in [0, 0.05) is 18.8 Å². The average molecular weight is 261 g/mol. The summed E-state index contributed by atoms with van der Waals surface area (Å²) in [7, 11) is 2.10. The Bertz CT molecular complexity index is 529. The minimum atomic E-state index is 0.656. The molecule has 1 aliphatic heterocycles. The first kappa shape index (κ1) is 12.1. The third kappa shape index (κ3) is 2.40. The quantitative estimate of drug-likeness (QED) is 0.921. The third-order valence-electron chi connectivity index (χ3n) is 3.59. The van der Waals surface area contributed by atoms with Gasteiger partial charge in [-0.05, 0) is 30.7 Å². The third-order valence-corrected chi connectivity index (χ3v) is 4.80. The maximum Gasteiger partial charge on any atom is 0.123 e. The molecule has 3 nitrogen and oxygen atoms in total. The van der Waals surface area contributed by atoms with Crippen LogP contribution in [0.2, 0.25) is 0 Å². The van der Waals surface area contributed by atoms with Gasteiger partial charge in [-0.1, -0.05) is 12.1 Å². The molecule has 96 valence electrons. The van der Waals surface area contributed by atoms with E-state index in [0.29, 0.717) is 6.04 Å². The molecule has 4 heteroatoms. The highest BCUT2D eigenvalue weighted by Crippen LogP contribution is 2.18. The molecule has 0 bridgehead atoms. The molecule has 2 heterocycles. The summed E-state index contributed by atoms with van der Waals surface area (Å²) < 4.78 is 2.19. The lowest BCUT2D eigenvalue weighted by molar-refractivity contribution is 0.494. The van der Waals surface area contributed by atoms with Crippen LogP contribution in [0.4, 0.5) is 0 Å². The zero-order valence-corrected chi connectivity index (χ0v) is 11.5. The number of para-hydroxylation sites is 2. The van der Waals surface area contributed by atoms with E-state index in [2.05, 4.69) is 46.9 Å². The number of nitrogens with zero attached hydrogens (tertiary/aromatic N) is 2. The van der Waals surface area contributed by atoms with Crippen LogP contribution in [0.3, 0.4) is 0 Å². The molecule has 1 aromatic carbocycles. The number of nitrogens with one attached hydrogen (secondary N) is 1. The van der Waals surface area contributed by atoms with Crippen LogP contribution < -0.4 is 5.32 Å². The van der Waals surface area contributed by atoms with Crippen LogP contribution in [0.25, 0.3) is 11.0 Å². The van der Waals surface area contributed by atoms with Crippen LogP contribution >= 0.6 is 11.8 Å². The van der Waals surface area contributed by atoms with Gasteiger partial charge in [-0.25, -0.2) is 4.98 Å². The molecular formula is C14H19N3S. The van der Waals surface area contributed by atoms with Gasteiger partial charge >= 0.3 is 0 Å². The summed E-state index contributed by atoms with van der Waals surface area (Å²) in [6.45, 7) is 0.871. The standard InChI is InChI=1S/C14H19N3S/c1-17-13-7-3-2-6-12(13)16-14(17)9-15-11-5-4-8-18-10-11/h2-3,6-7,11,15H,4-5,8-10H2,1H3/t11-/m1/s1. The molecule has 3 rings (SSSR count). The largest absolute Gasteiger partial charge is 0.330 e. The minimum Gasteiger partial charge on any atom is -0.330 e. The van der Waals surface area contributed by atoms with E-state index >= 15 is 0 Å². The lowest BCUT2D eigenvalue weighted by Crippen LogP contribution is -2.33. The molecule has 0 spiro atoms. The van der Waals surface area contributed by atoms with Crippen molar-refractivity contribution in [1.29, 1.82) is 0 Å². The number of aryl methyl sites for hydroxylation is 1. The van der Waals surface area contributed by atoms with Gasteiger partial charge in [-0.3, -0.25) is 0 Å². The highest BCUT2D eigenvalue weighted by molar-refractivity contribution is 7.99. The van der Waals surface area contributed by atoms with E-state index < -0.39 is 0 Å². The van der Waals surface area contributed by atoms with Crippen molar-refractivity contribution in [2.45, 2.75) is 25.4 Å². The Labute approximate surface area is 112 Å². The van der Waals surface area contributed by atoms with Crippen molar-refractivity contribution < 1.29 is 0 Å². The van der Waals surface area contributed by atoms with Gasteiger partial charge < -0.3 is 9.88 Å². The fraction of sp³-hybridized carbons (Fsp3) is 0.500. The van der Waals surface area contributed by atoms with Crippen LogP contribution in [0.1, 0.15) is 18.7 Å². The molecule has 1 aromatic heterocycles. The average Bonchev–Trinajstić information content (AvgIpc) is 2.75. The van der Waals surface area contributed by atoms with Gasteiger partial charge in [-0.2, -0.15) is 11.8 Å². The molecule has 0 amide bonds. The minimum absolute atomic E-state index is 0.656. The van der Waals surface area contributed by atoms with E-state index in [-0.39, 0.29) is 0 Å². The van der Waals surface area contributed by atoms with Gasteiger partial charge in [-0.15, -0.1) is 0 Å². The molecule has 1 aliphatic rings. The topological polar surface area (TPSA) is 29.9 Å². The Balaban J connectivity index is 1.72. The molecule has 2 aromatic rings. The molecular weight excluding hydrogens is 242 g/mol. The maximum absolute atomic E-state index is 4.69. The molecule has 1 atom stereocenters. The summed E-state index contributed by atoms with van der Waals surface area (Å²) in [4.78, 5) is 4.69. The lowest BCUT2D eigenvalue weighted by Gasteiger charge is -2.22. The number of benzene rings is 1. The predicted molar refractivity (Wildman–Crippen MR) is 77.9 cm³/mol. The van der Waals surface area contributed by atoms with E-state index in [1.807, 2.05) is 6.07 Å². The fourth-order valence-electron chi connectivity index (χ4n) is 2.49. The van der Waals surface area contributed by atoms with E-state index in [9.17, 15) is 0 Å². The second-order valence-corrected chi connectivity index (χ2v) is 6.02. The predicted octanol–water partition coefficient (Wildman–Crippen LogP) is 2.56. The summed E-state index contributed by atoms with van der Waals surface area (Å²) >= 11 is 2.06. The zero-order chi connectivity index (χ0) is 12.4. The first-order valence-electron chi connectivity index (χ1n) is 6.56. The maximum atomic E-state index is 4.69. The van der Waals surface area contributed by atoms with Crippen molar-refractivity contribution in [3.8, 4) is 0 Å². The number of hydrogen-bond donors (Lipinski definition) is 1. The number of fused-ring (bicyclic) bond motifs is 1. The van der Waals surface area contributed by atoms with Crippen LogP contribution in [0, 0.1) is 0 Å². The highest BCUT2D eigenvalue weighted by Gasteiger charge is 2.14. The summed E-state index contributed by atoms with van der Waals surface area (Å²) in [5.74, 6) is 3.70. The van der Waals surface area contributed by atoms with Gasteiger partial charge in [0.05, 0.1) is 17.6 Å². The Kier molecular flexibility index (Phi) is 3.57. The van der Waals surface area contributed by atoms with Gasteiger partial charge in [0.25, 0.3) is 0 Å². The van der Waals surface area contributed by atoms with E-state index in [1.54, 1.807) is 0 Å². The number of rotatable bonds is 3. The number of thioether (sulfide) groups is 1. The summed E-state index contributed by atoms with van der Waals surface area (Å²) in [6, 6.07) is 8.98. The van der Waals surface area contributed by atoms with Crippen LogP contribution in [0.15, 0.2) is 24.3 Å². The highest BCUT2D eigenvalue weighted by atomic mass is 32.2. The molecule has 0 aliphatic carbocycles. The summed E-state index contributed by atoms with van der Waals surface area (Å²) in [6.07, 6.45) is 2.64. The van der Waals surface area contributed by atoms with Gasteiger partial charge in [0.2, 0.25) is 0 Å². The molecule has 1 saturated heterocycles. The molecule has 1 fully saturated rings. The lowest BCUT2D eigenvalue weighted by atomic mass is 10.2. The van der Waals surface area contributed by atoms with Crippen LogP contribution in [-0.4, -0.2) is 27.1 Å². The first-order chi connectivity index (χ1) is 8.84. The number of imidazole rings is 1. The molecule has 18 heavy (non-hydrogen) atoms. The smallest absolute Gasteiger partial charge is 0.123 e. The van der Waals surface area contributed by atoms with Crippen molar-refractivity contribution in [1.82, 2.24) is 14.9 Å². The molecule has 0 radical (unpaired) electrons. The monoisotopic (exact) mass is 261 g/mol. The second-order valence-electron chi connectivity index (χ2n) is 4.87. The summed E-state index contributed by atoms with van der Waals surface area (Å²) in [5.41, 5.74) is 2.31. The van der Waals surface area contributed by atoms with Crippen molar-refractivity contribution in [3.05, 3.63) is 30.1 Å². The number of aromatic nitrogens is 2. The normalized spacial score (nSPS) is 20.4. The van der Waals surface area contributed by atoms with E-state index in [1.165, 1.54) is 29.9 Å². The fourth-order valence-corrected chi connectivity index (χ4v) is 3.60. The molecule has 0 unspecified atom stereocenters. The van der Waals surface area contributed by atoms with Crippen LogP contribution in [-0.2, 0) is 13.6 Å². The first-order valence-corrected chi connectivity index (χ1v) is 7.71. The Morgan fingerprint density at radius 3 is 3.11 bits per heavy atom. The van der Waals surface area contributed by atoms with Crippen LogP contribution in [0.5, 0.6) is 0 Å². The van der Waals surface area contributed by atoms with Crippen molar-refractivity contribution in [3.63, 3.8) is 0 Å². The Morgan fingerprint density at radius 2 is 2.33 bits per heavy atom. The SMILES string of the molecule is Cn1c(CN[C@@H]2CCCSC2)nc2ccccc21. The van der Waals surface area contributed by atoms with E-state index in [4.69, 9.17) is 4.98 Å². The van der Waals surface area contributed by atoms with Gasteiger partial charge in [0.15, 0.2) is 0 Å². The van der Waals surface area contributed by atoms with Crippen molar-refractivity contribution in [2.75, 3.05) is 11.5 Å².